The lowest BCUT2D eigenvalue weighted by atomic mass is 9.78. The first-order valence-corrected chi connectivity index (χ1v) is 9.91. The van der Waals surface area contributed by atoms with Gasteiger partial charge in [-0.3, -0.25) is 4.79 Å². The molecule has 2 aliphatic rings. The van der Waals surface area contributed by atoms with Gasteiger partial charge in [0.15, 0.2) is 0 Å². The third kappa shape index (κ3) is 3.11. The first-order valence-electron chi connectivity index (χ1n) is 9.91. The van der Waals surface area contributed by atoms with E-state index >= 15 is 0 Å². The van der Waals surface area contributed by atoms with Crippen molar-refractivity contribution >= 4 is 28.6 Å². The van der Waals surface area contributed by atoms with Crippen LogP contribution in [0.3, 0.4) is 0 Å². The first-order chi connectivity index (χ1) is 14.6. The molecular formula is C21H23N5O4. The maximum Gasteiger partial charge on any atom is 0.254 e. The highest BCUT2D eigenvalue weighted by atomic mass is 16.5. The molecule has 5 rings (SSSR count). The number of methoxy groups -OCH3 is 1. The number of carbonyl (C=O) groups excluding carboxylic acids is 1. The molecule has 1 aromatic carbocycles. The van der Waals surface area contributed by atoms with Gasteiger partial charge in [0.1, 0.15) is 11.4 Å². The molecule has 9 heteroatoms. The van der Waals surface area contributed by atoms with E-state index in [1.165, 1.54) is 0 Å². The summed E-state index contributed by atoms with van der Waals surface area (Å²) in [4.78, 5) is 26.7. The summed E-state index contributed by atoms with van der Waals surface area (Å²) in [7, 11) is 1.57. The van der Waals surface area contributed by atoms with Gasteiger partial charge >= 0.3 is 0 Å². The van der Waals surface area contributed by atoms with E-state index in [0.29, 0.717) is 41.1 Å². The minimum Gasteiger partial charge on any atom is -0.495 e. The Kier molecular flexibility index (Phi) is 4.47. The van der Waals surface area contributed by atoms with Crippen LogP contribution >= 0.6 is 0 Å². The van der Waals surface area contributed by atoms with E-state index in [2.05, 4.69) is 20.3 Å². The van der Waals surface area contributed by atoms with Crippen LogP contribution in [0.25, 0.3) is 11.0 Å². The average molecular weight is 409 g/mol. The van der Waals surface area contributed by atoms with Crippen LogP contribution in [0, 0.1) is 5.41 Å². The summed E-state index contributed by atoms with van der Waals surface area (Å²) in [6.07, 6.45) is 1.79. The monoisotopic (exact) mass is 409 g/mol. The van der Waals surface area contributed by atoms with E-state index in [1.807, 2.05) is 17.9 Å². The number of aromatic nitrogens is 3. The smallest absolute Gasteiger partial charge is 0.254 e. The molecule has 0 atom stereocenters. The Hall–Kier alpha value is -3.33. The van der Waals surface area contributed by atoms with Crippen LogP contribution in [0.4, 0.5) is 11.6 Å². The van der Waals surface area contributed by atoms with Crippen molar-refractivity contribution in [3.05, 3.63) is 36.0 Å². The van der Waals surface area contributed by atoms with Crippen molar-refractivity contribution in [3.8, 4) is 11.6 Å². The van der Waals surface area contributed by atoms with Gasteiger partial charge in [0.25, 0.3) is 5.91 Å². The first kappa shape index (κ1) is 18.7. The molecule has 2 fully saturated rings. The Labute approximate surface area is 173 Å². The Morgan fingerprint density at radius 2 is 2.13 bits per heavy atom. The van der Waals surface area contributed by atoms with E-state index in [-0.39, 0.29) is 11.3 Å². The zero-order valence-electron chi connectivity index (χ0n) is 16.9. The molecule has 1 amide bonds. The summed E-state index contributed by atoms with van der Waals surface area (Å²) in [5.74, 6) is 1.42. The van der Waals surface area contributed by atoms with Crippen molar-refractivity contribution in [3.63, 3.8) is 0 Å². The van der Waals surface area contributed by atoms with Gasteiger partial charge in [0, 0.05) is 24.8 Å². The highest BCUT2D eigenvalue weighted by Crippen LogP contribution is 2.39. The van der Waals surface area contributed by atoms with Crippen LogP contribution in [-0.2, 0) is 4.74 Å². The van der Waals surface area contributed by atoms with Gasteiger partial charge in [-0.2, -0.15) is 9.97 Å². The molecule has 2 aromatic heterocycles. The maximum absolute atomic E-state index is 12.8. The van der Waals surface area contributed by atoms with E-state index in [1.54, 1.807) is 31.5 Å². The summed E-state index contributed by atoms with van der Waals surface area (Å²) in [5.41, 5.74) is 2.11. The summed E-state index contributed by atoms with van der Waals surface area (Å²) in [6.45, 7) is 5.40. The van der Waals surface area contributed by atoms with Crippen molar-refractivity contribution < 1.29 is 19.0 Å². The Morgan fingerprint density at radius 3 is 2.83 bits per heavy atom. The highest BCUT2D eigenvalue weighted by Gasteiger charge is 2.50. The molecular weight excluding hydrogens is 386 g/mol. The lowest BCUT2D eigenvalue weighted by Gasteiger charge is -2.54. The summed E-state index contributed by atoms with van der Waals surface area (Å²) in [6, 6.07) is 7.20. The fourth-order valence-corrected chi connectivity index (χ4v) is 3.93. The van der Waals surface area contributed by atoms with Gasteiger partial charge in [0.05, 0.1) is 43.4 Å². The third-order valence-electron chi connectivity index (χ3n) is 5.51. The van der Waals surface area contributed by atoms with Crippen LogP contribution in [0.5, 0.6) is 11.6 Å². The minimum absolute atomic E-state index is 0.0000576. The number of carbonyl (C=O) groups is 1. The van der Waals surface area contributed by atoms with Crippen molar-refractivity contribution in [1.29, 1.82) is 0 Å². The van der Waals surface area contributed by atoms with Crippen molar-refractivity contribution in [1.82, 2.24) is 19.9 Å². The van der Waals surface area contributed by atoms with Crippen molar-refractivity contribution in [2.24, 2.45) is 5.41 Å². The number of rotatable bonds is 6. The fraction of sp³-hybridized carbons (Fsp3) is 0.381. The topological polar surface area (TPSA) is 102 Å². The third-order valence-corrected chi connectivity index (χ3v) is 5.51. The van der Waals surface area contributed by atoms with Crippen LogP contribution in [0.2, 0.25) is 0 Å². The molecule has 0 unspecified atom stereocenters. The lowest BCUT2D eigenvalue weighted by molar-refractivity contribution is -0.176. The van der Waals surface area contributed by atoms with Crippen molar-refractivity contribution in [2.75, 3.05) is 45.3 Å². The van der Waals surface area contributed by atoms with Gasteiger partial charge in [-0.05, 0) is 31.2 Å². The molecule has 4 heterocycles. The van der Waals surface area contributed by atoms with Gasteiger partial charge in [-0.15, -0.1) is 0 Å². The number of amides is 1. The second kappa shape index (κ2) is 7.17. The average Bonchev–Trinajstić information content (AvgIpc) is 3.15. The molecule has 2 saturated heterocycles. The zero-order chi connectivity index (χ0) is 20.7. The van der Waals surface area contributed by atoms with Gasteiger partial charge < -0.3 is 29.4 Å². The second-order valence-electron chi connectivity index (χ2n) is 7.72. The molecule has 30 heavy (non-hydrogen) atoms. The number of nitrogens with zero attached hydrogens (tertiary/aromatic N) is 3. The number of likely N-dealkylation sites (tertiary alicyclic amines) is 1. The summed E-state index contributed by atoms with van der Waals surface area (Å²) < 4.78 is 16.4. The number of fused-ring (bicyclic) bond motifs is 1. The number of nitrogens with one attached hydrogen (secondary N) is 2. The number of ether oxygens (including phenoxy) is 3. The summed E-state index contributed by atoms with van der Waals surface area (Å²) >= 11 is 0. The SMILES string of the molecule is CCOc1nc(Nc2ccc(C(=O)N3CC4(COC4)C3)cc2OC)nc2[nH]ccc12. The standard InChI is InChI=1S/C21H23N5O4/c1-3-30-18-14-6-7-22-17(14)24-20(25-18)23-15-5-4-13(8-16(15)28-2)19(27)26-9-21(10-26)11-29-12-21/h4-8H,3,9-12H2,1-2H3,(H2,22,23,24,25). The van der Waals surface area contributed by atoms with Crippen LogP contribution in [0.15, 0.2) is 30.5 Å². The second-order valence-corrected chi connectivity index (χ2v) is 7.72. The molecule has 3 aromatic rings. The predicted octanol–water partition coefficient (Wildman–Crippen LogP) is 2.58. The Balaban J connectivity index is 1.37. The molecule has 0 bridgehead atoms. The normalized spacial score (nSPS) is 16.8. The van der Waals surface area contributed by atoms with Gasteiger partial charge in [-0.1, -0.05) is 0 Å². The molecule has 156 valence electrons. The number of H-pyrrole nitrogens is 1. The highest BCUT2D eigenvalue weighted by molar-refractivity contribution is 5.96. The Morgan fingerprint density at radius 1 is 1.30 bits per heavy atom. The molecule has 0 saturated carbocycles. The number of aromatic amines is 1. The lowest BCUT2D eigenvalue weighted by Crippen LogP contribution is -2.67. The zero-order valence-corrected chi connectivity index (χ0v) is 16.9. The van der Waals surface area contributed by atoms with Gasteiger partial charge in [-0.25, -0.2) is 0 Å². The van der Waals surface area contributed by atoms with E-state index in [0.717, 1.165) is 31.7 Å². The summed E-state index contributed by atoms with van der Waals surface area (Å²) in [5, 5.41) is 3.99. The van der Waals surface area contributed by atoms with E-state index in [4.69, 9.17) is 14.2 Å². The maximum atomic E-state index is 12.8. The molecule has 1 spiro atoms. The Bertz CT molecular complexity index is 1100. The molecule has 0 aliphatic carbocycles. The number of benzene rings is 1. The van der Waals surface area contributed by atoms with Crippen LogP contribution < -0.4 is 14.8 Å². The largest absolute Gasteiger partial charge is 0.495 e. The number of hydrogen-bond donors (Lipinski definition) is 2. The van der Waals surface area contributed by atoms with E-state index < -0.39 is 0 Å². The molecule has 0 radical (unpaired) electrons. The predicted molar refractivity (Wildman–Crippen MR) is 110 cm³/mol. The van der Waals surface area contributed by atoms with E-state index in [9.17, 15) is 4.79 Å². The number of hydrogen-bond acceptors (Lipinski definition) is 7. The fourth-order valence-electron chi connectivity index (χ4n) is 3.93. The van der Waals surface area contributed by atoms with Crippen LogP contribution in [-0.4, -0.2) is 65.8 Å². The van der Waals surface area contributed by atoms with Crippen molar-refractivity contribution in [2.45, 2.75) is 6.92 Å². The van der Waals surface area contributed by atoms with Crippen LogP contribution in [0.1, 0.15) is 17.3 Å². The molecule has 2 N–H and O–H groups in total. The molecule has 9 nitrogen and oxygen atoms in total. The quantitative estimate of drug-likeness (QED) is 0.645. The number of anilines is 2. The van der Waals surface area contributed by atoms with Gasteiger partial charge in [0.2, 0.25) is 11.8 Å². The minimum atomic E-state index is 0.0000576. The molecule has 2 aliphatic heterocycles.